The number of benzene rings is 1. The van der Waals surface area contributed by atoms with E-state index in [2.05, 4.69) is 15.9 Å². The summed E-state index contributed by atoms with van der Waals surface area (Å²) in [4.78, 5) is 12.8. The normalized spacial score (nSPS) is 26.9. The van der Waals surface area contributed by atoms with E-state index < -0.39 is 16.2 Å². The smallest absolute Gasteiger partial charge is 0.199 e. The first-order valence-corrected chi connectivity index (χ1v) is 7.61. The summed E-state index contributed by atoms with van der Waals surface area (Å²) in [6.07, 6.45) is 1.60. The molecule has 2 aliphatic rings. The number of phenolic OH excluding ortho intramolecular Hbond substituents is 1. The Kier molecular flexibility index (Phi) is 3.31. The minimum atomic E-state index is -1.38. The fraction of sp³-hybridized carbons (Fsp3) is 0.188. The van der Waals surface area contributed by atoms with Crippen LogP contribution in [0.25, 0.3) is 0 Å². The lowest BCUT2D eigenvalue weighted by atomic mass is 9.80. The standard InChI is InChI=1S/C16H15BrN2O4/c1-16(17)4-7(19)11-13(9(21)5-16)14(22)10-6(18)2-3-8(20)12(10)15(11)23/h2-5,14,20-22H,18-19H2,1H3. The summed E-state index contributed by atoms with van der Waals surface area (Å²) in [6.45, 7) is 1.73. The Hall–Kier alpha value is -2.25. The summed E-state index contributed by atoms with van der Waals surface area (Å²) in [5, 5.41) is 31.1. The molecular formula is C16H15BrN2O4. The van der Waals surface area contributed by atoms with Crippen molar-refractivity contribution in [2.24, 2.45) is 5.73 Å². The number of carbonyl (C=O) groups excluding carboxylic acids is 1. The Morgan fingerprint density at radius 3 is 2.52 bits per heavy atom. The van der Waals surface area contributed by atoms with Gasteiger partial charge in [-0.2, -0.15) is 0 Å². The molecule has 6 nitrogen and oxygen atoms in total. The highest BCUT2D eigenvalue weighted by atomic mass is 79.9. The first kappa shape index (κ1) is 15.6. The number of hydrogen-bond acceptors (Lipinski definition) is 6. The van der Waals surface area contributed by atoms with Crippen LogP contribution < -0.4 is 11.5 Å². The largest absolute Gasteiger partial charge is 0.508 e. The first-order chi connectivity index (χ1) is 10.6. The van der Waals surface area contributed by atoms with Crippen molar-refractivity contribution in [2.45, 2.75) is 17.4 Å². The quantitative estimate of drug-likeness (QED) is 0.266. The average molecular weight is 379 g/mol. The van der Waals surface area contributed by atoms with E-state index in [0.29, 0.717) is 0 Å². The van der Waals surface area contributed by atoms with Crippen molar-refractivity contribution in [3.05, 3.63) is 58.0 Å². The highest BCUT2D eigenvalue weighted by Crippen LogP contribution is 2.46. The van der Waals surface area contributed by atoms with E-state index in [-0.39, 0.29) is 45.2 Å². The minimum Gasteiger partial charge on any atom is -0.508 e. The number of anilines is 1. The molecule has 0 bridgehead atoms. The molecule has 7 N–H and O–H groups in total. The number of nitrogens with two attached hydrogens (primary N) is 2. The molecule has 23 heavy (non-hydrogen) atoms. The van der Waals surface area contributed by atoms with Gasteiger partial charge in [0.2, 0.25) is 0 Å². The van der Waals surface area contributed by atoms with Crippen molar-refractivity contribution < 1.29 is 20.1 Å². The Morgan fingerprint density at radius 1 is 1.22 bits per heavy atom. The molecular weight excluding hydrogens is 364 g/mol. The number of Topliss-reactive ketones (excluding diaryl/α,β-unsaturated/α-hetero) is 1. The van der Waals surface area contributed by atoms with E-state index in [4.69, 9.17) is 11.5 Å². The number of aliphatic hydroxyl groups is 2. The zero-order valence-electron chi connectivity index (χ0n) is 12.2. The van der Waals surface area contributed by atoms with Gasteiger partial charge in [0, 0.05) is 22.5 Å². The monoisotopic (exact) mass is 378 g/mol. The van der Waals surface area contributed by atoms with Crippen molar-refractivity contribution in [1.82, 2.24) is 0 Å². The summed E-state index contributed by atoms with van der Waals surface area (Å²) in [7, 11) is 0. The van der Waals surface area contributed by atoms with Crippen LogP contribution in [0.3, 0.4) is 0 Å². The lowest BCUT2D eigenvalue weighted by Gasteiger charge is -2.27. The molecule has 2 atom stereocenters. The molecule has 0 aliphatic heterocycles. The molecule has 0 spiro atoms. The van der Waals surface area contributed by atoms with Gasteiger partial charge in [-0.1, -0.05) is 15.9 Å². The van der Waals surface area contributed by atoms with E-state index >= 15 is 0 Å². The first-order valence-electron chi connectivity index (χ1n) is 6.82. The van der Waals surface area contributed by atoms with Gasteiger partial charge in [-0.3, -0.25) is 4.79 Å². The second-order valence-corrected chi connectivity index (χ2v) is 7.47. The van der Waals surface area contributed by atoms with E-state index in [9.17, 15) is 20.1 Å². The van der Waals surface area contributed by atoms with E-state index in [1.807, 2.05) is 0 Å². The van der Waals surface area contributed by atoms with Gasteiger partial charge in [-0.25, -0.2) is 0 Å². The number of halogens is 1. The Morgan fingerprint density at radius 2 is 1.87 bits per heavy atom. The molecule has 7 heteroatoms. The van der Waals surface area contributed by atoms with Crippen LogP contribution in [0, 0.1) is 0 Å². The number of alkyl halides is 1. The predicted molar refractivity (Wildman–Crippen MR) is 89.1 cm³/mol. The maximum Gasteiger partial charge on any atom is 0.199 e. The summed E-state index contributed by atoms with van der Waals surface area (Å²) in [5.74, 6) is -1.17. The van der Waals surface area contributed by atoms with Crippen LogP contribution in [-0.4, -0.2) is 25.4 Å². The third-order valence-corrected chi connectivity index (χ3v) is 4.41. The topological polar surface area (TPSA) is 130 Å². The summed E-state index contributed by atoms with van der Waals surface area (Å²) < 4.78 is -0.793. The number of phenols is 1. The fourth-order valence-corrected chi connectivity index (χ4v) is 3.47. The summed E-state index contributed by atoms with van der Waals surface area (Å²) in [5.41, 5.74) is 12.0. The molecule has 0 aromatic heterocycles. The van der Waals surface area contributed by atoms with Gasteiger partial charge < -0.3 is 26.8 Å². The SMILES string of the molecule is CC1(Br)C=C(N)C2=C(C(O)=C1)C(O)c1c(N)ccc(O)c1C2=O. The van der Waals surface area contributed by atoms with E-state index in [1.165, 1.54) is 18.2 Å². The third-order valence-electron chi connectivity index (χ3n) is 3.95. The lowest BCUT2D eigenvalue weighted by molar-refractivity contribution is 0.101. The maximum absolute atomic E-state index is 12.8. The van der Waals surface area contributed by atoms with E-state index in [0.717, 1.165) is 0 Å². The van der Waals surface area contributed by atoms with Crippen molar-refractivity contribution in [2.75, 3.05) is 5.73 Å². The van der Waals surface area contributed by atoms with Crippen molar-refractivity contribution in [1.29, 1.82) is 0 Å². The van der Waals surface area contributed by atoms with Crippen molar-refractivity contribution in [3.8, 4) is 5.75 Å². The second-order valence-electron chi connectivity index (χ2n) is 5.76. The van der Waals surface area contributed by atoms with Gasteiger partial charge in [-0.05, 0) is 31.2 Å². The van der Waals surface area contributed by atoms with Crippen LogP contribution in [-0.2, 0) is 0 Å². The zero-order chi connectivity index (χ0) is 17.1. The molecule has 2 aliphatic carbocycles. The molecule has 0 saturated carbocycles. The van der Waals surface area contributed by atoms with Crippen LogP contribution in [0.5, 0.6) is 5.75 Å². The molecule has 0 heterocycles. The number of rotatable bonds is 0. The summed E-state index contributed by atoms with van der Waals surface area (Å²) >= 11 is 3.37. The average Bonchev–Trinajstić information content (AvgIpc) is 2.51. The molecule has 2 unspecified atom stereocenters. The van der Waals surface area contributed by atoms with Gasteiger partial charge in [0.1, 0.15) is 17.6 Å². The van der Waals surface area contributed by atoms with Crippen LogP contribution in [0.15, 0.2) is 46.9 Å². The Balaban J connectivity index is 2.37. The lowest BCUT2D eigenvalue weighted by Crippen LogP contribution is -2.25. The van der Waals surface area contributed by atoms with Crippen LogP contribution in [0.4, 0.5) is 5.69 Å². The van der Waals surface area contributed by atoms with Crippen molar-refractivity contribution >= 4 is 27.4 Å². The van der Waals surface area contributed by atoms with Gasteiger partial charge in [0.15, 0.2) is 5.78 Å². The van der Waals surface area contributed by atoms with Gasteiger partial charge >= 0.3 is 0 Å². The van der Waals surface area contributed by atoms with Gasteiger partial charge in [0.25, 0.3) is 0 Å². The molecule has 1 aromatic rings. The molecule has 120 valence electrons. The highest BCUT2D eigenvalue weighted by Gasteiger charge is 2.40. The number of aromatic hydroxyl groups is 1. The Labute approximate surface area is 140 Å². The highest BCUT2D eigenvalue weighted by molar-refractivity contribution is 9.10. The van der Waals surface area contributed by atoms with Crippen LogP contribution in [0.2, 0.25) is 0 Å². The third kappa shape index (κ3) is 2.24. The molecule has 0 radical (unpaired) electrons. The molecule has 0 fully saturated rings. The van der Waals surface area contributed by atoms with Crippen molar-refractivity contribution in [3.63, 3.8) is 0 Å². The van der Waals surface area contributed by atoms with E-state index in [1.54, 1.807) is 13.0 Å². The number of aliphatic hydroxyl groups excluding tert-OH is 2. The number of allylic oxidation sites excluding steroid dienone is 3. The number of ketones is 1. The van der Waals surface area contributed by atoms with Crippen LogP contribution >= 0.6 is 15.9 Å². The molecule has 0 amide bonds. The maximum atomic E-state index is 12.8. The number of carbonyl (C=O) groups is 1. The molecule has 3 rings (SSSR count). The number of nitrogen functional groups attached to an aromatic ring is 1. The van der Waals surface area contributed by atoms with Crippen LogP contribution in [0.1, 0.15) is 28.9 Å². The number of hydrogen-bond donors (Lipinski definition) is 5. The van der Waals surface area contributed by atoms with Gasteiger partial charge in [0.05, 0.1) is 15.5 Å². The fourth-order valence-electron chi connectivity index (χ4n) is 3.00. The molecule has 0 saturated heterocycles. The second kappa shape index (κ2) is 4.87. The molecule has 1 aromatic carbocycles. The minimum absolute atomic E-state index is 0.0169. The number of fused-ring (bicyclic) bond motifs is 1. The predicted octanol–water partition coefficient (Wildman–Crippen LogP) is 1.95. The Bertz CT molecular complexity index is 837. The summed E-state index contributed by atoms with van der Waals surface area (Å²) in [6, 6.07) is 2.67. The zero-order valence-corrected chi connectivity index (χ0v) is 13.8. The van der Waals surface area contributed by atoms with Gasteiger partial charge in [-0.15, -0.1) is 0 Å².